The summed E-state index contributed by atoms with van der Waals surface area (Å²) in [6, 6.07) is 19.7. The zero-order valence-electron chi connectivity index (χ0n) is 19.8. The molecule has 0 saturated heterocycles. The molecule has 2 amide bonds. The summed E-state index contributed by atoms with van der Waals surface area (Å²) in [7, 11) is 4.70. The standard InChI is InChI=1S/C27H26FN3O4/c1-30(27(33)19-10-14-21(34-2)15-11-19)17-26(32)31-24(22-6-4-5-7-25(22)35-3)16-23(29-31)18-8-12-20(28)13-9-18/h4-15,24H,16-17H2,1-3H3. The van der Waals surface area contributed by atoms with Gasteiger partial charge in [0.25, 0.3) is 11.8 Å². The van der Waals surface area contributed by atoms with Crippen LogP contribution in [0.3, 0.4) is 0 Å². The van der Waals surface area contributed by atoms with Crippen LogP contribution in [0.1, 0.15) is 33.9 Å². The predicted octanol–water partition coefficient (Wildman–Crippen LogP) is 4.29. The molecular weight excluding hydrogens is 449 g/mol. The molecule has 35 heavy (non-hydrogen) atoms. The van der Waals surface area contributed by atoms with Crippen molar-refractivity contribution in [1.29, 1.82) is 0 Å². The average Bonchev–Trinajstić information content (AvgIpc) is 3.34. The highest BCUT2D eigenvalue weighted by Gasteiger charge is 2.35. The van der Waals surface area contributed by atoms with E-state index in [0.29, 0.717) is 29.2 Å². The number of likely N-dealkylation sites (N-methyl/N-ethyl adjacent to an activating group) is 1. The largest absolute Gasteiger partial charge is 0.497 e. The molecule has 1 aliphatic rings. The summed E-state index contributed by atoms with van der Waals surface area (Å²) in [5.74, 6) is 0.285. The van der Waals surface area contributed by atoms with E-state index < -0.39 is 6.04 Å². The molecule has 4 rings (SSSR count). The number of hydrogen-bond acceptors (Lipinski definition) is 5. The van der Waals surface area contributed by atoms with Crippen molar-refractivity contribution in [3.05, 3.63) is 95.3 Å². The Kier molecular flexibility index (Phi) is 7.10. The fraction of sp³-hybridized carbons (Fsp3) is 0.222. The van der Waals surface area contributed by atoms with E-state index in [4.69, 9.17) is 9.47 Å². The van der Waals surface area contributed by atoms with E-state index in [1.807, 2.05) is 24.3 Å². The molecule has 0 bridgehead atoms. The number of rotatable bonds is 7. The van der Waals surface area contributed by atoms with Crippen LogP contribution in [0, 0.1) is 5.82 Å². The van der Waals surface area contributed by atoms with E-state index in [-0.39, 0.29) is 24.2 Å². The molecule has 7 nitrogen and oxygen atoms in total. The Bertz CT molecular complexity index is 1240. The Morgan fingerprint density at radius 1 is 1.00 bits per heavy atom. The average molecular weight is 476 g/mol. The second kappa shape index (κ2) is 10.4. The number of hydrogen-bond donors (Lipinski definition) is 0. The molecule has 8 heteroatoms. The summed E-state index contributed by atoms with van der Waals surface area (Å²) >= 11 is 0. The van der Waals surface area contributed by atoms with Crippen LogP contribution in [-0.2, 0) is 4.79 Å². The van der Waals surface area contributed by atoms with Gasteiger partial charge in [0.2, 0.25) is 0 Å². The third-order valence-corrected chi connectivity index (χ3v) is 5.90. The number of ether oxygens (including phenoxy) is 2. The minimum absolute atomic E-state index is 0.170. The van der Waals surface area contributed by atoms with E-state index in [1.54, 1.807) is 57.7 Å². The van der Waals surface area contributed by atoms with Crippen LogP contribution in [0.5, 0.6) is 11.5 Å². The number of hydrazone groups is 1. The first-order valence-electron chi connectivity index (χ1n) is 11.1. The van der Waals surface area contributed by atoms with Crippen LogP contribution < -0.4 is 9.47 Å². The highest BCUT2D eigenvalue weighted by Crippen LogP contribution is 2.37. The molecule has 0 aromatic heterocycles. The number of carbonyl (C=O) groups excluding carboxylic acids is 2. The Morgan fingerprint density at radius 2 is 1.69 bits per heavy atom. The molecule has 0 saturated carbocycles. The maximum atomic E-state index is 13.5. The molecule has 3 aromatic carbocycles. The van der Waals surface area contributed by atoms with E-state index in [1.165, 1.54) is 22.0 Å². The zero-order valence-corrected chi connectivity index (χ0v) is 19.8. The van der Waals surface area contributed by atoms with Crippen LogP contribution in [0.25, 0.3) is 0 Å². The first-order chi connectivity index (χ1) is 16.9. The monoisotopic (exact) mass is 475 g/mol. The van der Waals surface area contributed by atoms with Crippen LogP contribution >= 0.6 is 0 Å². The predicted molar refractivity (Wildman–Crippen MR) is 130 cm³/mol. The molecule has 1 unspecified atom stereocenters. The zero-order chi connectivity index (χ0) is 24.9. The maximum absolute atomic E-state index is 13.5. The Morgan fingerprint density at radius 3 is 2.34 bits per heavy atom. The first kappa shape index (κ1) is 23.9. The highest BCUT2D eigenvalue weighted by molar-refractivity contribution is 6.03. The fourth-order valence-corrected chi connectivity index (χ4v) is 4.04. The summed E-state index contributed by atoms with van der Waals surface area (Å²) in [6.45, 7) is -0.170. The molecule has 0 spiro atoms. The van der Waals surface area contributed by atoms with Gasteiger partial charge in [-0.2, -0.15) is 5.10 Å². The van der Waals surface area contributed by atoms with Gasteiger partial charge in [-0.25, -0.2) is 9.40 Å². The number of para-hydroxylation sites is 1. The Hall–Kier alpha value is -4.20. The lowest BCUT2D eigenvalue weighted by atomic mass is 9.97. The quantitative estimate of drug-likeness (QED) is 0.511. The second-order valence-electron chi connectivity index (χ2n) is 8.14. The van der Waals surface area contributed by atoms with E-state index in [9.17, 15) is 14.0 Å². The molecule has 3 aromatic rings. The summed E-state index contributed by atoms with van der Waals surface area (Å²) in [5.41, 5.74) is 2.62. The van der Waals surface area contributed by atoms with Gasteiger partial charge in [0.05, 0.1) is 26.0 Å². The van der Waals surface area contributed by atoms with Crippen LogP contribution in [0.15, 0.2) is 77.9 Å². The van der Waals surface area contributed by atoms with Gasteiger partial charge >= 0.3 is 0 Å². The Labute approximate surface area is 203 Å². The highest BCUT2D eigenvalue weighted by atomic mass is 19.1. The van der Waals surface area contributed by atoms with Crippen molar-refractivity contribution in [2.75, 3.05) is 27.8 Å². The molecule has 0 aliphatic carbocycles. The van der Waals surface area contributed by atoms with Crippen LogP contribution in [-0.4, -0.2) is 55.2 Å². The third kappa shape index (κ3) is 5.16. The second-order valence-corrected chi connectivity index (χ2v) is 8.14. The van der Waals surface area contributed by atoms with Crippen molar-refractivity contribution in [1.82, 2.24) is 9.91 Å². The third-order valence-electron chi connectivity index (χ3n) is 5.90. The number of amides is 2. The van der Waals surface area contributed by atoms with Crippen molar-refractivity contribution in [3.8, 4) is 11.5 Å². The molecule has 1 aliphatic heterocycles. The van der Waals surface area contributed by atoms with Gasteiger partial charge in [0, 0.05) is 24.6 Å². The smallest absolute Gasteiger partial charge is 0.262 e. The lowest BCUT2D eigenvalue weighted by Gasteiger charge is -2.26. The number of methoxy groups -OCH3 is 2. The molecule has 180 valence electrons. The van der Waals surface area contributed by atoms with Crippen LogP contribution in [0.2, 0.25) is 0 Å². The summed E-state index contributed by atoms with van der Waals surface area (Å²) in [6.07, 6.45) is 0.424. The van der Waals surface area contributed by atoms with Crippen molar-refractivity contribution < 1.29 is 23.5 Å². The summed E-state index contributed by atoms with van der Waals surface area (Å²) in [4.78, 5) is 27.7. The van der Waals surface area contributed by atoms with Gasteiger partial charge in [-0.3, -0.25) is 9.59 Å². The lowest BCUT2D eigenvalue weighted by Crippen LogP contribution is -2.39. The van der Waals surface area contributed by atoms with Gasteiger partial charge < -0.3 is 14.4 Å². The van der Waals surface area contributed by atoms with Crippen molar-refractivity contribution in [2.45, 2.75) is 12.5 Å². The number of benzene rings is 3. The summed E-state index contributed by atoms with van der Waals surface area (Å²) < 4.78 is 24.1. The number of nitrogens with zero attached hydrogens (tertiary/aromatic N) is 3. The van der Waals surface area contributed by atoms with Crippen molar-refractivity contribution in [2.24, 2.45) is 5.10 Å². The lowest BCUT2D eigenvalue weighted by molar-refractivity contribution is -0.133. The van der Waals surface area contributed by atoms with Gasteiger partial charge in [-0.05, 0) is 48.0 Å². The number of halogens is 1. The minimum atomic E-state index is -0.428. The van der Waals surface area contributed by atoms with Gasteiger partial charge in [0.1, 0.15) is 23.9 Å². The van der Waals surface area contributed by atoms with E-state index in [2.05, 4.69) is 5.10 Å². The minimum Gasteiger partial charge on any atom is -0.497 e. The fourth-order valence-electron chi connectivity index (χ4n) is 4.04. The topological polar surface area (TPSA) is 71.4 Å². The first-order valence-corrected chi connectivity index (χ1v) is 11.1. The van der Waals surface area contributed by atoms with Gasteiger partial charge in [-0.15, -0.1) is 0 Å². The van der Waals surface area contributed by atoms with Gasteiger partial charge in [-0.1, -0.05) is 30.3 Å². The van der Waals surface area contributed by atoms with Gasteiger partial charge in [0.15, 0.2) is 0 Å². The van der Waals surface area contributed by atoms with Crippen molar-refractivity contribution >= 4 is 17.5 Å². The van der Waals surface area contributed by atoms with Crippen molar-refractivity contribution in [3.63, 3.8) is 0 Å². The molecule has 0 fully saturated rings. The molecule has 1 heterocycles. The van der Waals surface area contributed by atoms with E-state index >= 15 is 0 Å². The van der Waals surface area contributed by atoms with Crippen LogP contribution in [0.4, 0.5) is 4.39 Å². The molecule has 0 N–H and O–H groups in total. The SMILES string of the molecule is COc1ccc(C(=O)N(C)CC(=O)N2N=C(c3ccc(F)cc3)CC2c2ccccc2OC)cc1. The van der Waals surface area contributed by atoms with E-state index in [0.717, 1.165) is 11.1 Å². The molecule has 1 atom stereocenters. The molecular formula is C27H26FN3O4. The Balaban J connectivity index is 1.60. The normalized spacial score (nSPS) is 14.9. The molecule has 0 radical (unpaired) electrons. The maximum Gasteiger partial charge on any atom is 0.262 e. The summed E-state index contributed by atoms with van der Waals surface area (Å²) in [5, 5.41) is 5.99. The number of carbonyl (C=O) groups is 2.